The predicted octanol–water partition coefficient (Wildman–Crippen LogP) is 4.19. The fourth-order valence-electron chi connectivity index (χ4n) is 3.69. The molecule has 0 aliphatic carbocycles. The molecule has 1 aromatic carbocycles. The molecule has 2 aromatic rings. The highest BCUT2D eigenvalue weighted by Gasteiger charge is 2.28. The van der Waals surface area contributed by atoms with Crippen molar-refractivity contribution in [1.82, 2.24) is 14.9 Å². The summed E-state index contributed by atoms with van der Waals surface area (Å²) in [5.41, 5.74) is 7.49. The summed E-state index contributed by atoms with van der Waals surface area (Å²) in [5.74, 6) is 0.766. The van der Waals surface area contributed by atoms with Crippen molar-refractivity contribution in [3.05, 3.63) is 53.6 Å². The van der Waals surface area contributed by atoms with E-state index < -0.39 is 0 Å². The standard InChI is InChI=1S/C23H36N4O/c1-4-5-6-7-16-27(17-8-9-22-25-14-15-26-22)23(2,3)20-12-10-19(11-13-20)18-21(24)28/h10-15H,4-9,16-18H2,1-3H3,(H2,24,28)(H,25,26). The number of aromatic nitrogens is 2. The normalized spacial score (nSPS) is 11.9. The lowest BCUT2D eigenvalue weighted by molar-refractivity contribution is -0.117. The van der Waals surface area contributed by atoms with Gasteiger partial charge in [-0.15, -0.1) is 0 Å². The molecule has 0 saturated carbocycles. The number of imidazole rings is 1. The van der Waals surface area contributed by atoms with Crippen molar-refractivity contribution in [2.45, 2.75) is 71.3 Å². The third-order valence-electron chi connectivity index (χ3n) is 5.51. The molecule has 154 valence electrons. The number of hydrogen-bond donors (Lipinski definition) is 2. The third kappa shape index (κ3) is 6.79. The van der Waals surface area contributed by atoms with Crippen molar-refractivity contribution in [3.8, 4) is 0 Å². The van der Waals surface area contributed by atoms with Crippen LogP contribution in [0.4, 0.5) is 0 Å². The summed E-state index contributed by atoms with van der Waals surface area (Å²) in [5, 5.41) is 0. The highest BCUT2D eigenvalue weighted by atomic mass is 16.1. The number of aromatic amines is 1. The lowest BCUT2D eigenvalue weighted by atomic mass is 9.90. The average molecular weight is 385 g/mol. The van der Waals surface area contributed by atoms with Crippen molar-refractivity contribution in [2.24, 2.45) is 5.73 Å². The minimum absolute atomic E-state index is 0.0688. The molecule has 0 unspecified atom stereocenters. The van der Waals surface area contributed by atoms with Crippen molar-refractivity contribution in [3.63, 3.8) is 0 Å². The summed E-state index contributed by atoms with van der Waals surface area (Å²) in [7, 11) is 0. The number of nitrogens with zero attached hydrogens (tertiary/aromatic N) is 2. The maximum atomic E-state index is 11.2. The van der Waals surface area contributed by atoms with Crippen molar-refractivity contribution >= 4 is 5.91 Å². The number of carbonyl (C=O) groups excluding carboxylic acids is 1. The second-order valence-electron chi connectivity index (χ2n) is 8.09. The summed E-state index contributed by atoms with van der Waals surface area (Å²) >= 11 is 0. The number of unbranched alkanes of at least 4 members (excludes halogenated alkanes) is 3. The molecule has 0 aliphatic heterocycles. The Bertz CT molecular complexity index is 692. The summed E-state index contributed by atoms with van der Waals surface area (Å²) in [6.07, 6.45) is 11.1. The molecule has 0 radical (unpaired) electrons. The third-order valence-corrected chi connectivity index (χ3v) is 5.51. The van der Waals surface area contributed by atoms with Gasteiger partial charge in [0.15, 0.2) is 0 Å². The van der Waals surface area contributed by atoms with Gasteiger partial charge < -0.3 is 10.7 Å². The first-order chi connectivity index (χ1) is 13.4. The molecular formula is C23H36N4O. The van der Waals surface area contributed by atoms with Gasteiger partial charge in [-0.2, -0.15) is 0 Å². The predicted molar refractivity (Wildman–Crippen MR) is 115 cm³/mol. The molecule has 0 atom stereocenters. The Morgan fingerprint density at radius 2 is 1.82 bits per heavy atom. The fraction of sp³-hybridized carbons (Fsp3) is 0.565. The van der Waals surface area contributed by atoms with Crippen LogP contribution >= 0.6 is 0 Å². The Kier molecular flexibility index (Phi) is 8.71. The van der Waals surface area contributed by atoms with Crippen LogP contribution in [0.15, 0.2) is 36.7 Å². The van der Waals surface area contributed by atoms with Gasteiger partial charge in [0.1, 0.15) is 5.82 Å². The molecule has 2 rings (SSSR count). The van der Waals surface area contributed by atoms with Gasteiger partial charge in [0.05, 0.1) is 6.42 Å². The Morgan fingerprint density at radius 3 is 2.43 bits per heavy atom. The van der Waals surface area contributed by atoms with E-state index in [1.54, 1.807) is 0 Å². The van der Waals surface area contributed by atoms with E-state index in [0.717, 1.165) is 37.3 Å². The number of rotatable bonds is 13. The molecule has 3 N–H and O–H groups in total. The van der Waals surface area contributed by atoms with Crippen molar-refractivity contribution in [2.75, 3.05) is 13.1 Å². The zero-order chi connectivity index (χ0) is 20.4. The second kappa shape index (κ2) is 11.0. The summed E-state index contributed by atoms with van der Waals surface area (Å²) in [6.45, 7) is 8.96. The molecule has 1 heterocycles. The first-order valence-corrected chi connectivity index (χ1v) is 10.5. The van der Waals surface area contributed by atoms with Crippen LogP contribution in [0.1, 0.15) is 69.8 Å². The Balaban J connectivity index is 2.05. The van der Waals surface area contributed by atoms with Crippen LogP contribution in [-0.2, 0) is 23.2 Å². The van der Waals surface area contributed by atoms with E-state index >= 15 is 0 Å². The molecule has 0 aliphatic rings. The average Bonchev–Trinajstić information content (AvgIpc) is 3.17. The number of hydrogen-bond acceptors (Lipinski definition) is 3. The van der Waals surface area contributed by atoms with E-state index in [9.17, 15) is 4.79 Å². The number of amides is 1. The monoisotopic (exact) mass is 384 g/mol. The lowest BCUT2D eigenvalue weighted by Gasteiger charge is -2.39. The highest BCUT2D eigenvalue weighted by molar-refractivity contribution is 5.76. The number of primary amides is 1. The molecule has 5 nitrogen and oxygen atoms in total. The van der Waals surface area contributed by atoms with E-state index in [1.165, 1.54) is 31.2 Å². The van der Waals surface area contributed by atoms with Gasteiger partial charge in [-0.25, -0.2) is 4.98 Å². The smallest absolute Gasteiger partial charge is 0.221 e. The molecule has 5 heteroatoms. The number of benzene rings is 1. The summed E-state index contributed by atoms with van der Waals surface area (Å²) < 4.78 is 0. The lowest BCUT2D eigenvalue weighted by Crippen LogP contribution is -2.43. The van der Waals surface area contributed by atoms with E-state index in [2.05, 4.69) is 47.8 Å². The maximum Gasteiger partial charge on any atom is 0.221 e. The molecule has 0 spiro atoms. The summed E-state index contributed by atoms with van der Waals surface area (Å²) in [6, 6.07) is 8.34. The van der Waals surface area contributed by atoms with E-state index in [-0.39, 0.29) is 11.4 Å². The van der Waals surface area contributed by atoms with Crippen molar-refractivity contribution in [1.29, 1.82) is 0 Å². The van der Waals surface area contributed by atoms with Crippen LogP contribution in [-0.4, -0.2) is 33.9 Å². The van der Waals surface area contributed by atoms with E-state index in [0.29, 0.717) is 6.42 Å². The number of nitrogens with two attached hydrogens (primary N) is 1. The van der Waals surface area contributed by atoms with Crippen LogP contribution in [0.25, 0.3) is 0 Å². The van der Waals surface area contributed by atoms with Crippen LogP contribution < -0.4 is 5.73 Å². The first-order valence-electron chi connectivity index (χ1n) is 10.5. The van der Waals surface area contributed by atoms with E-state index in [4.69, 9.17) is 5.73 Å². The van der Waals surface area contributed by atoms with Gasteiger partial charge in [0.2, 0.25) is 5.91 Å². The van der Waals surface area contributed by atoms with E-state index in [1.807, 2.05) is 24.5 Å². The van der Waals surface area contributed by atoms with Gasteiger partial charge in [0.25, 0.3) is 0 Å². The molecule has 1 aromatic heterocycles. The zero-order valence-corrected chi connectivity index (χ0v) is 17.7. The molecule has 1 amide bonds. The SMILES string of the molecule is CCCCCCN(CCCc1ncc[nH]1)C(C)(C)c1ccc(CC(N)=O)cc1. The Hall–Kier alpha value is -2.14. The highest BCUT2D eigenvalue weighted by Crippen LogP contribution is 2.29. The van der Waals surface area contributed by atoms with Crippen LogP contribution in [0.2, 0.25) is 0 Å². The minimum Gasteiger partial charge on any atom is -0.369 e. The zero-order valence-electron chi connectivity index (χ0n) is 17.7. The largest absolute Gasteiger partial charge is 0.369 e. The number of carbonyl (C=O) groups is 1. The fourth-order valence-corrected chi connectivity index (χ4v) is 3.69. The molecule has 28 heavy (non-hydrogen) atoms. The first kappa shape index (κ1) is 22.2. The molecule has 0 saturated heterocycles. The number of nitrogens with one attached hydrogen (secondary N) is 1. The number of H-pyrrole nitrogens is 1. The molecule has 0 bridgehead atoms. The van der Waals surface area contributed by atoms with Gasteiger partial charge in [-0.1, -0.05) is 50.5 Å². The topological polar surface area (TPSA) is 75.0 Å². The second-order valence-corrected chi connectivity index (χ2v) is 8.09. The number of aryl methyl sites for hydroxylation is 1. The Morgan fingerprint density at radius 1 is 1.11 bits per heavy atom. The van der Waals surface area contributed by atoms with Gasteiger partial charge in [-0.05, 0) is 50.9 Å². The van der Waals surface area contributed by atoms with Crippen molar-refractivity contribution < 1.29 is 4.79 Å². The minimum atomic E-state index is -0.289. The van der Waals surface area contributed by atoms with Gasteiger partial charge >= 0.3 is 0 Å². The van der Waals surface area contributed by atoms with Gasteiger partial charge in [-0.3, -0.25) is 9.69 Å². The van der Waals surface area contributed by atoms with Crippen LogP contribution in [0, 0.1) is 0 Å². The van der Waals surface area contributed by atoms with Crippen LogP contribution in [0.3, 0.4) is 0 Å². The summed E-state index contributed by atoms with van der Waals surface area (Å²) in [4.78, 5) is 21.3. The van der Waals surface area contributed by atoms with Crippen LogP contribution in [0.5, 0.6) is 0 Å². The molecular weight excluding hydrogens is 348 g/mol. The molecule has 0 fully saturated rings. The quantitative estimate of drug-likeness (QED) is 0.509. The van der Waals surface area contributed by atoms with Gasteiger partial charge in [0, 0.05) is 24.4 Å². The Labute approximate surface area is 169 Å². The maximum absolute atomic E-state index is 11.2.